The molecular weight excluding hydrogens is 292 g/mol. The topological polar surface area (TPSA) is 41.6 Å². The van der Waals surface area contributed by atoms with E-state index < -0.39 is 24.4 Å². The first kappa shape index (κ1) is 17.2. The number of halogens is 4. The van der Waals surface area contributed by atoms with Crippen molar-refractivity contribution in [2.45, 2.75) is 6.18 Å². The predicted molar refractivity (Wildman–Crippen MR) is 68.5 cm³/mol. The Balaban J connectivity index is 2.23. The largest absolute Gasteiger partial charge is 0.489 e. The summed E-state index contributed by atoms with van der Waals surface area (Å²) < 4.78 is 54.1. The fourth-order valence-corrected chi connectivity index (χ4v) is 1.45. The number of para-hydroxylation sites is 1. The molecule has 21 heavy (non-hydrogen) atoms. The van der Waals surface area contributed by atoms with Crippen molar-refractivity contribution in [3.8, 4) is 5.75 Å². The lowest BCUT2D eigenvalue weighted by Gasteiger charge is -2.17. The van der Waals surface area contributed by atoms with Crippen LogP contribution in [0.4, 0.5) is 17.6 Å². The molecule has 0 bridgehead atoms. The first-order valence-electron chi connectivity index (χ1n) is 6.17. The highest BCUT2D eigenvalue weighted by atomic mass is 19.4. The average Bonchev–Trinajstić information content (AvgIpc) is 2.38. The molecule has 0 spiro atoms. The Hall–Kier alpha value is -1.83. The van der Waals surface area contributed by atoms with Gasteiger partial charge in [-0.1, -0.05) is 12.1 Å². The Labute approximate surface area is 119 Å². The van der Waals surface area contributed by atoms with E-state index in [4.69, 9.17) is 4.74 Å². The lowest BCUT2D eigenvalue weighted by molar-refractivity contribution is -0.138. The number of benzene rings is 1. The number of hydrogen-bond donors (Lipinski definition) is 1. The van der Waals surface area contributed by atoms with Gasteiger partial charge in [0.25, 0.3) is 0 Å². The van der Waals surface area contributed by atoms with Crippen LogP contribution in [0.2, 0.25) is 0 Å². The normalized spacial score (nSPS) is 11.5. The maximum absolute atomic E-state index is 13.2. The number of alkyl halides is 3. The van der Waals surface area contributed by atoms with Gasteiger partial charge in [-0.3, -0.25) is 9.69 Å². The van der Waals surface area contributed by atoms with Gasteiger partial charge >= 0.3 is 6.18 Å². The quantitative estimate of drug-likeness (QED) is 0.781. The number of ether oxygens (including phenoxy) is 1. The molecule has 4 nitrogen and oxygen atoms in total. The molecular formula is C13H16F4N2O2. The SMILES string of the molecule is CN(CCOc1ccccc1F)CC(=O)NCC(F)(F)F. The molecule has 1 amide bonds. The highest BCUT2D eigenvalue weighted by Crippen LogP contribution is 2.15. The first-order valence-corrected chi connectivity index (χ1v) is 6.17. The van der Waals surface area contributed by atoms with Crippen molar-refractivity contribution >= 4 is 5.91 Å². The second kappa shape index (κ2) is 7.82. The molecule has 0 saturated heterocycles. The van der Waals surface area contributed by atoms with Gasteiger partial charge in [0.2, 0.25) is 5.91 Å². The van der Waals surface area contributed by atoms with Crippen LogP contribution in [-0.4, -0.2) is 50.3 Å². The summed E-state index contributed by atoms with van der Waals surface area (Å²) in [6.07, 6.45) is -4.43. The highest BCUT2D eigenvalue weighted by molar-refractivity contribution is 5.77. The molecule has 1 rings (SSSR count). The van der Waals surface area contributed by atoms with Crippen LogP contribution in [0.25, 0.3) is 0 Å². The van der Waals surface area contributed by atoms with Crippen LogP contribution in [0.3, 0.4) is 0 Å². The molecule has 0 heterocycles. The van der Waals surface area contributed by atoms with Crippen molar-refractivity contribution < 1.29 is 27.1 Å². The minimum Gasteiger partial charge on any atom is -0.489 e. The summed E-state index contributed by atoms with van der Waals surface area (Å²) in [5, 5.41) is 1.76. The van der Waals surface area contributed by atoms with Gasteiger partial charge in [0.1, 0.15) is 13.2 Å². The second-order valence-electron chi connectivity index (χ2n) is 4.41. The van der Waals surface area contributed by atoms with Gasteiger partial charge in [0.15, 0.2) is 11.6 Å². The Morgan fingerprint density at radius 3 is 2.62 bits per heavy atom. The molecule has 0 unspecified atom stereocenters. The van der Waals surface area contributed by atoms with Gasteiger partial charge in [0.05, 0.1) is 6.54 Å². The third-order valence-electron chi connectivity index (χ3n) is 2.47. The van der Waals surface area contributed by atoms with E-state index in [9.17, 15) is 22.4 Å². The van der Waals surface area contributed by atoms with Crippen LogP contribution in [-0.2, 0) is 4.79 Å². The maximum Gasteiger partial charge on any atom is 0.405 e. The van der Waals surface area contributed by atoms with Crippen molar-refractivity contribution in [3.63, 3.8) is 0 Å². The number of carbonyl (C=O) groups excluding carboxylic acids is 1. The summed E-state index contributed by atoms with van der Waals surface area (Å²) in [6.45, 7) is -1.17. The number of hydrogen-bond acceptors (Lipinski definition) is 3. The summed E-state index contributed by atoms with van der Waals surface area (Å²) in [7, 11) is 1.55. The number of rotatable bonds is 7. The molecule has 0 fully saturated rings. The average molecular weight is 308 g/mol. The first-order chi connectivity index (χ1) is 9.78. The van der Waals surface area contributed by atoms with E-state index in [1.807, 2.05) is 0 Å². The molecule has 0 saturated carbocycles. The summed E-state index contributed by atoms with van der Waals surface area (Å²) in [5.41, 5.74) is 0. The molecule has 8 heteroatoms. The number of carbonyl (C=O) groups is 1. The van der Waals surface area contributed by atoms with E-state index in [2.05, 4.69) is 0 Å². The van der Waals surface area contributed by atoms with Crippen LogP contribution in [0.15, 0.2) is 24.3 Å². The summed E-state index contributed by atoms with van der Waals surface area (Å²) in [5.74, 6) is -1.14. The molecule has 118 valence electrons. The molecule has 1 N–H and O–H groups in total. The van der Waals surface area contributed by atoms with Crippen LogP contribution < -0.4 is 10.1 Å². The zero-order chi connectivity index (χ0) is 15.9. The predicted octanol–water partition coefficient (Wildman–Crippen LogP) is 1.81. The zero-order valence-corrected chi connectivity index (χ0v) is 11.4. The van der Waals surface area contributed by atoms with Gasteiger partial charge < -0.3 is 10.1 Å². The highest BCUT2D eigenvalue weighted by Gasteiger charge is 2.27. The minimum absolute atomic E-state index is 0.0902. The lowest BCUT2D eigenvalue weighted by Crippen LogP contribution is -2.40. The number of likely N-dealkylation sites (N-methyl/N-ethyl adjacent to an activating group) is 1. The van der Waals surface area contributed by atoms with E-state index in [-0.39, 0.29) is 25.4 Å². The Morgan fingerprint density at radius 2 is 2.00 bits per heavy atom. The van der Waals surface area contributed by atoms with Crippen molar-refractivity contribution in [3.05, 3.63) is 30.1 Å². The summed E-state index contributed by atoms with van der Waals surface area (Å²) in [6, 6.07) is 5.86. The molecule has 0 radical (unpaired) electrons. The molecule has 0 aliphatic heterocycles. The van der Waals surface area contributed by atoms with Gasteiger partial charge in [-0.2, -0.15) is 13.2 Å². The Kier molecular flexibility index (Phi) is 6.41. The fourth-order valence-electron chi connectivity index (χ4n) is 1.45. The molecule has 1 aromatic carbocycles. The molecule has 0 atom stereocenters. The number of nitrogens with one attached hydrogen (secondary N) is 1. The van der Waals surface area contributed by atoms with Crippen molar-refractivity contribution in [2.24, 2.45) is 0 Å². The van der Waals surface area contributed by atoms with E-state index in [1.165, 1.54) is 23.1 Å². The van der Waals surface area contributed by atoms with Crippen LogP contribution in [0.1, 0.15) is 0 Å². The standard InChI is InChI=1S/C13H16F4N2O2/c1-19(8-12(20)18-9-13(15,16)17)6-7-21-11-5-3-2-4-10(11)14/h2-5H,6-9H2,1H3,(H,18,20). The van der Waals surface area contributed by atoms with E-state index in [1.54, 1.807) is 18.4 Å². The Bertz CT molecular complexity index is 466. The molecule has 1 aromatic rings. The monoisotopic (exact) mass is 308 g/mol. The summed E-state index contributed by atoms with van der Waals surface area (Å²) >= 11 is 0. The fraction of sp³-hybridized carbons (Fsp3) is 0.462. The van der Waals surface area contributed by atoms with E-state index in [0.29, 0.717) is 0 Å². The van der Waals surface area contributed by atoms with E-state index in [0.717, 1.165) is 0 Å². The second-order valence-corrected chi connectivity index (χ2v) is 4.41. The maximum atomic E-state index is 13.2. The Morgan fingerprint density at radius 1 is 1.33 bits per heavy atom. The van der Waals surface area contributed by atoms with Crippen molar-refractivity contribution in [2.75, 3.05) is 33.3 Å². The molecule has 0 aliphatic rings. The van der Waals surface area contributed by atoms with Gasteiger partial charge in [-0.05, 0) is 19.2 Å². The number of nitrogens with zero attached hydrogens (tertiary/aromatic N) is 1. The minimum atomic E-state index is -4.43. The van der Waals surface area contributed by atoms with Crippen LogP contribution in [0.5, 0.6) is 5.75 Å². The van der Waals surface area contributed by atoms with Gasteiger partial charge in [-0.15, -0.1) is 0 Å². The lowest BCUT2D eigenvalue weighted by atomic mass is 10.3. The van der Waals surface area contributed by atoms with Crippen molar-refractivity contribution in [1.29, 1.82) is 0 Å². The van der Waals surface area contributed by atoms with Crippen molar-refractivity contribution in [1.82, 2.24) is 10.2 Å². The summed E-state index contributed by atoms with van der Waals surface area (Å²) in [4.78, 5) is 12.7. The molecule has 0 aromatic heterocycles. The van der Waals surface area contributed by atoms with Gasteiger partial charge in [-0.25, -0.2) is 4.39 Å². The molecule has 0 aliphatic carbocycles. The van der Waals surface area contributed by atoms with Crippen LogP contribution in [0, 0.1) is 5.82 Å². The smallest absolute Gasteiger partial charge is 0.405 e. The van der Waals surface area contributed by atoms with Gasteiger partial charge in [0, 0.05) is 6.54 Å². The third-order valence-corrected chi connectivity index (χ3v) is 2.47. The van der Waals surface area contributed by atoms with E-state index >= 15 is 0 Å². The third kappa shape index (κ3) is 7.50. The number of amides is 1. The zero-order valence-electron chi connectivity index (χ0n) is 11.4. The van der Waals surface area contributed by atoms with Crippen LogP contribution >= 0.6 is 0 Å².